The summed E-state index contributed by atoms with van der Waals surface area (Å²) in [5, 5.41) is 8.67. The van der Waals surface area contributed by atoms with Gasteiger partial charge in [-0.3, -0.25) is 4.79 Å². The molecular weight excluding hydrogens is 266 g/mol. The molecule has 2 aromatic carbocycles. The van der Waals surface area contributed by atoms with Crippen LogP contribution in [0.15, 0.2) is 42.5 Å². The van der Waals surface area contributed by atoms with E-state index in [1.807, 2.05) is 6.07 Å². The van der Waals surface area contributed by atoms with Crippen LogP contribution in [0, 0.1) is 11.6 Å². The standard InChI is InChI=1S/C15H12F2O3/c16-12-6-11(8-14(18)19)7-13(15(12)17)20-9-10-4-2-1-3-5-10/h1-7H,8-9H2,(H,18,19). The lowest BCUT2D eigenvalue weighted by Crippen LogP contribution is -2.04. The maximum absolute atomic E-state index is 13.6. The first-order valence-electron chi connectivity index (χ1n) is 5.92. The van der Waals surface area contributed by atoms with Crippen molar-refractivity contribution >= 4 is 5.97 Å². The Labute approximate surface area is 114 Å². The molecule has 0 aromatic heterocycles. The summed E-state index contributed by atoms with van der Waals surface area (Å²) < 4.78 is 32.2. The largest absolute Gasteiger partial charge is 0.486 e. The Hall–Kier alpha value is -2.43. The van der Waals surface area contributed by atoms with Crippen molar-refractivity contribution in [3.63, 3.8) is 0 Å². The van der Waals surface area contributed by atoms with Crippen LogP contribution in [0.3, 0.4) is 0 Å². The molecule has 20 heavy (non-hydrogen) atoms. The number of benzene rings is 2. The molecule has 0 atom stereocenters. The first-order chi connectivity index (χ1) is 9.56. The van der Waals surface area contributed by atoms with E-state index >= 15 is 0 Å². The molecule has 0 unspecified atom stereocenters. The molecule has 2 aromatic rings. The van der Waals surface area contributed by atoms with Crippen molar-refractivity contribution in [2.45, 2.75) is 13.0 Å². The van der Waals surface area contributed by atoms with Gasteiger partial charge in [-0.05, 0) is 23.3 Å². The van der Waals surface area contributed by atoms with Gasteiger partial charge in [-0.2, -0.15) is 4.39 Å². The molecule has 0 heterocycles. The van der Waals surface area contributed by atoms with Crippen LogP contribution in [0.2, 0.25) is 0 Å². The third-order valence-electron chi connectivity index (χ3n) is 2.65. The van der Waals surface area contributed by atoms with E-state index < -0.39 is 17.6 Å². The monoisotopic (exact) mass is 278 g/mol. The second kappa shape index (κ2) is 6.14. The molecule has 0 amide bonds. The molecule has 0 aliphatic rings. The van der Waals surface area contributed by atoms with Crippen LogP contribution in [0.4, 0.5) is 8.78 Å². The van der Waals surface area contributed by atoms with E-state index in [9.17, 15) is 13.6 Å². The van der Waals surface area contributed by atoms with Crippen molar-refractivity contribution in [3.05, 3.63) is 65.2 Å². The van der Waals surface area contributed by atoms with Crippen molar-refractivity contribution in [3.8, 4) is 5.75 Å². The summed E-state index contributed by atoms with van der Waals surface area (Å²) in [4.78, 5) is 10.6. The number of rotatable bonds is 5. The minimum atomic E-state index is -1.12. The third kappa shape index (κ3) is 3.54. The van der Waals surface area contributed by atoms with E-state index in [1.165, 1.54) is 6.07 Å². The van der Waals surface area contributed by atoms with Gasteiger partial charge in [0.15, 0.2) is 11.6 Å². The zero-order valence-electron chi connectivity index (χ0n) is 10.5. The van der Waals surface area contributed by atoms with E-state index in [1.54, 1.807) is 24.3 Å². The zero-order chi connectivity index (χ0) is 14.5. The number of halogens is 2. The predicted octanol–water partition coefficient (Wildman–Crippen LogP) is 3.17. The lowest BCUT2D eigenvalue weighted by atomic mass is 10.1. The minimum absolute atomic E-state index is 0.0771. The summed E-state index contributed by atoms with van der Waals surface area (Å²) in [7, 11) is 0. The Morgan fingerprint density at radius 1 is 1.10 bits per heavy atom. The van der Waals surface area contributed by atoms with Gasteiger partial charge in [0.05, 0.1) is 6.42 Å². The van der Waals surface area contributed by atoms with E-state index in [0.717, 1.165) is 11.6 Å². The number of ether oxygens (including phenoxy) is 1. The SMILES string of the molecule is O=C(O)Cc1cc(F)c(F)c(OCc2ccccc2)c1. The maximum Gasteiger partial charge on any atom is 0.307 e. The molecule has 1 N–H and O–H groups in total. The first kappa shape index (κ1) is 14.0. The van der Waals surface area contributed by atoms with E-state index in [4.69, 9.17) is 9.84 Å². The summed E-state index contributed by atoms with van der Waals surface area (Å²) in [6, 6.07) is 11.1. The van der Waals surface area contributed by atoms with Gasteiger partial charge < -0.3 is 9.84 Å². The Kier molecular flexibility index (Phi) is 4.30. The topological polar surface area (TPSA) is 46.5 Å². The van der Waals surface area contributed by atoms with Crippen LogP contribution in [0.1, 0.15) is 11.1 Å². The molecule has 2 rings (SSSR count). The molecule has 0 spiro atoms. The fraction of sp³-hybridized carbons (Fsp3) is 0.133. The molecule has 3 nitrogen and oxygen atoms in total. The zero-order valence-corrected chi connectivity index (χ0v) is 10.5. The highest BCUT2D eigenvalue weighted by Crippen LogP contribution is 2.23. The molecule has 0 radical (unpaired) electrons. The highest BCUT2D eigenvalue weighted by atomic mass is 19.2. The van der Waals surface area contributed by atoms with Gasteiger partial charge in [0.25, 0.3) is 0 Å². The minimum Gasteiger partial charge on any atom is -0.486 e. The van der Waals surface area contributed by atoms with Gasteiger partial charge in [-0.1, -0.05) is 30.3 Å². The molecule has 104 valence electrons. The number of carboxylic acids is 1. The Bertz CT molecular complexity index is 612. The fourth-order valence-electron chi connectivity index (χ4n) is 1.73. The van der Waals surface area contributed by atoms with E-state index in [2.05, 4.69) is 0 Å². The van der Waals surface area contributed by atoms with Gasteiger partial charge in [0, 0.05) is 0 Å². The lowest BCUT2D eigenvalue weighted by Gasteiger charge is -2.09. The average molecular weight is 278 g/mol. The van der Waals surface area contributed by atoms with Crippen molar-refractivity contribution in [2.75, 3.05) is 0 Å². The van der Waals surface area contributed by atoms with Gasteiger partial charge in [0.2, 0.25) is 5.82 Å². The Balaban J connectivity index is 2.17. The molecule has 0 fully saturated rings. The summed E-state index contributed by atoms with van der Waals surface area (Å²) in [5.41, 5.74) is 0.954. The first-order valence-corrected chi connectivity index (χ1v) is 5.92. The molecule has 0 bridgehead atoms. The maximum atomic E-state index is 13.6. The summed E-state index contributed by atoms with van der Waals surface area (Å²) in [6.45, 7) is 0.0771. The third-order valence-corrected chi connectivity index (χ3v) is 2.65. The highest BCUT2D eigenvalue weighted by molar-refractivity contribution is 5.70. The lowest BCUT2D eigenvalue weighted by molar-refractivity contribution is -0.136. The van der Waals surface area contributed by atoms with Crippen LogP contribution in [0.5, 0.6) is 5.75 Å². The smallest absolute Gasteiger partial charge is 0.307 e. The van der Waals surface area contributed by atoms with E-state index in [-0.39, 0.29) is 24.3 Å². The van der Waals surface area contributed by atoms with Gasteiger partial charge in [0.1, 0.15) is 6.61 Å². The molecule has 0 saturated carbocycles. The molecule has 0 saturated heterocycles. The van der Waals surface area contributed by atoms with Crippen molar-refractivity contribution in [1.29, 1.82) is 0 Å². The highest BCUT2D eigenvalue weighted by Gasteiger charge is 2.13. The van der Waals surface area contributed by atoms with Gasteiger partial charge in [-0.25, -0.2) is 4.39 Å². The predicted molar refractivity (Wildman–Crippen MR) is 68.5 cm³/mol. The number of carbonyl (C=O) groups is 1. The number of hydrogen-bond donors (Lipinski definition) is 1. The molecule has 0 aliphatic heterocycles. The summed E-state index contributed by atoms with van der Waals surface area (Å²) in [5.74, 6) is -3.64. The van der Waals surface area contributed by atoms with Crippen LogP contribution in [-0.4, -0.2) is 11.1 Å². The number of aliphatic carboxylic acids is 1. The average Bonchev–Trinajstić information content (AvgIpc) is 2.41. The summed E-state index contributed by atoms with van der Waals surface area (Å²) >= 11 is 0. The fourth-order valence-corrected chi connectivity index (χ4v) is 1.73. The second-order valence-electron chi connectivity index (χ2n) is 4.23. The second-order valence-corrected chi connectivity index (χ2v) is 4.23. The Morgan fingerprint density at radius 3 is 2.45 bits per heavy atom. The van der Waals surface area contributed by atoms with Crippen LogP contribution >= 0.6 is 0 Å². The van der Waals surface area contributed by atoms with Crippen LogP contribution < -0.4 is 4.74 Å². The van der Waals surface area contributed by atoms with Gasteiger partial charge >= 0.3 is 5.97 Å². The molecule has 0 aliphatic carbocycles. The van der Waals surface area contributed by atoms with Crippen molar-refractivity contribution < 1.29 is 23.4 Å². The van der Waals surface area contributed by atoms with Crippen LogP contribution in [-0.2, 0) is 17.8 Å². The van der Waals surface area contributed by atoms with Gasteiger partial charge in [-0.15, -0.1) is 0 Å². The number of hydrogen-bond acceptors (Lipinski definition) is 2. The Morgan fingerprint density at radius 2 is 1.80 bits per heavy atom. The normalized spacial score (nSPS) is 10.3. The number of carboxylic acid groups (broad SMARTS) is 1. The van der Waals surface area contributed by atoms with Crippen molar-refractivity contribution in [2.24, 2.45) is 0 Å². The van der Waals surface area contributed by atoms with E-state index in [0.29, 0.717) is 0 Å². The quantitative estimate of drug-likeness (QED) is 0.913. The van der Waals surface area contributed by atoms with Crippen molar-refractivity contribution in [1.82, 2.24) is 0 Å². The molecule has 5 heteroatoms. The molecular formula is C15H12F2O3. The summed E-state index contributed by atoms with van der Waals surface area (Å²) in [6.07, 6.45) is -0.390. The van der Waals surface area contributed by atoms with Crippen LogP contribution in [0.25, 0.3) is 0 Å².